The van der Waals surface area contributed by atoms with Gasteiger partial charge in [-0.05, 0) is 48.4 Å². The molecule has 5 nitrogen and oxygen atoms in total. The lowest BCUT2D eigenvalue weighted by atomic mass is 10.2. The van der Waals surface area contributed by atoms with E-state index in [9.17, 15) is 14.0 Å². The predicted molar refractivity (Wildman–Crippen MR) is 97.9 cm³/mol. The van der Waals surface area contributed by atoms with E-state index >= 15 is 0 Å². The van der Waals surface area contributed by atoms with Crippen LogP contribution in [0, 0.1) is 5.82 Å². The Balaban J connectivity index is 1.81. The third-order valence-electron chi connectivity index (χ3n) is 3.65. The monoisotopic (exact) mass is 356 g/mol. The average Bonchev–Trinajstić information content (AvgIpc) is 2.64. The Hall–Kier alpha value is -3.15. The Morgan fingerprint density at radius 2 is 1.92 bits per heavy atom. The SMILES string of the molecule is COc1ccc(/C=C/C(=O)NC(C)C(=O)NCc2cccc(F)c2)cc1. The van der Waals surface area contributed by atoms with Gasteiger partial charge in [0.1, 0.15) is 17.6 Å². The van der Waals surface area contributed by atoms with Crippen LogP contribution in [0.3, 0.4) is 0 Å². The van der Waals surface area contributed by atoms with Crippen molar-refractivity contribution in [2.75, 3.05) is 7.11 Å². The summed E-state index contributed by atoms with van der Waals surface area (Å²) in [5, 5.41) is 5.24. The van der Waals surface area contributed by atoms with Crippen molar-refractivity contribution in [2.24, 2.45) is 0 Å². The first-order chi connectivity index (χ1) is 12.5. The van der Waals surface area contributed by atoms with Gasteiger partial charge in [0, 0.05) is 12.6 Å². The summed E-state index contributed by atoms with van der Waals surface area (Å²) in [7, 11) is 1.58. The topological polar surface area (TPSA) is 67.4 Å². The fourth-order valence-corrected chi connectivity index (χ4v) is 2.20. The Labute approximate surface area is 151 Å². The molecule has 26 heavy (non-hydrogen) atoms. The molecular formula is C20H21FN2O3. The first-order valence-corrected chi connectivity index (χ1v) is 8.12. The second-order valence-electron chi connectivity index (χ2n) is 5.68. The molecule has 2 amide bonds. The zero-order chi connectivity index (χ0) is 18.9. The Bertz CT molecular complexity index is 788. The maximum absolute atomic E-state index is 13.1. The molecule has 0 aliphatic heterocycles. The van der Waals surface area contributed by atoms with Crippen molar-refractivity contribution < 1.29 is 18.7 Å². The number of rotatable bonds is 7. The molecule has 2 rings (SSSR count). The third-order valence-corrected chi connectivity index (χ3v) is 3.65. The standard InChI is InChI=1S/C20H21FN2O3/c1-14(20(25)22-13-16-4-3-5-17(21)12-16)23-19(24)11-8-15-6-9-18(26-2)10-7-15/h3-12,14H,13H2,1-2H3,(H,22,25)(H,23,24)/b11-8+. The fraction of sp³-hybridized carbons (Fsp3) is 0.200. The lowest BCUT2D eigenvalue weighted by molar-refractivity contribution is -0.126. The predicted octanol–water partition coefficient (Wildman–Crippen LogP) is 2.67. The summed E-state index contributed by atoms with van der Waals surface area (Å²) in [6.45, 7) is 1.78. The van der Waals surface area contributed by atoms with Crippen molar-refractivity contribution in [1.29, 1.82) is 0 Å². The second kappa shape index (κ2) is 9.36. The van der Waals surface area contributed by atoms with Gasteiger partial charge in [-0.2, -0.15) is 0 Å². The Kier molecular flexibility index (Phi) is 6.91. The van der Waals surface area contributed by atoms with E-state index in [4.69, 9.17) is 4.74 Å². The van der Waals surface area contributed by atoms with Crippen molar-refractivity contribution in [3.05, 3.63) is 71.6 Å². The molecule has 2 N–H and O–H groups in total. The number of hydrogen-bond donors (Lipinski definition) is 2. The number of methoxy groups -OCH3 is 1. The van der Waals surface area contributed by atoms with E-state index in [1.807, 2.05) is 12.1 Å². The molecule has 0 aliphatic carbocycles. The lowest BCUT2D eigenvalue weighted by Crippen LogP contribution is -2.44. The van der Waals surface area contributed by atoms with Crippen molar-refractivity contribution >= 4 is 17.9 Å². The summed E-state index contributed by atoms with van der Waals surface area (Å²) in [5.74, 6) is -0.355. The number of carbonyl (C=O) groups is 2. The maximum Gasteiger partial charge on any atom is 0.244 e. The van der Waals surface area contributed by atoms with Crippen LogP contribution in [0.5, 0.6) is 5.75 Å². The molecule has 0 bridgehead atoms. The third kappa shape index (κ3) is 6.05. The van der Waals surface area contributed by atoms with Gasteiger partial charge in [-0.3, -0.25) is 9.59 Å². The van der Waals surface area contributed by atoms with Gasteiger partial charge in [0.25, 0.3) is 0 Å². The van der Waals surface area contributed by atoms with Gasteiger partial charge >= 0.3 is 0 Å². The van der Waals surface area contributed by atoms with E-state index in [1.54, 1.807) is 44.4 Å². The summed E-state index contributed by atoms with van der Waals surface area (Å²) in [4.78, 5) is 23.9. The van der Waals surface area contributed by atoms with E-state index < -0.39 is 6.04 Å². The molecule has 0 saturated carbocycles. The highest BCUT2D eigenvalue weighted by Gasteiger charge is 2.13. The molecule has 6 heteroatoms. The van der Waals surface area contributed by atoms with Crippen molar-refractivity contribution in [1.82, 2.24) is 10.6 Å². The van der Waals surface area contributed by atoms with E-state index in [2.05, 4.69) is 10.6 Å². The van der Waals surface area contributed by atoms with Gasteiger partial charge in [0.2, 0.25) is 11.8 Å². The van der Waals surface area contributed by atoms with Crippen LogP contribution in [0.1, 0.15) is 18.1 Å². The number of benzene rings is 2. The number of nitrogens with one attached hydrogen (secondary N) is 2. The summed E-state index contributed by atoms with van der Waals surface area (Å²) < 4.78 is 18.2. The Morgan fingerprint density at radius 1 is 1.19 bits per heavy atom. The summed E-state index contributed by atoms with van der Waals surface area (Å²) >= 11 is 0. The first kappa shape index (κ1) is 19.2. The molecule has 0 saturated heterocycles. The van der Waals surface area contributed by atoms with Crippen LogP contribution in [0.2, 0.25) is 0 Å². The van der Waals surface area contributed by atoms with E-state index in [0.717, 1.165) is 11.3 Å². The van der Waals surface area contributed by atoms with E-state index in [1.165, 1.54) is 18.2 Å². The molecule has 136 valence electrons. The van der Waals surface area contributed by atoms with Crippen LogP contribution in [0.15, 0.2) is 54.6 Å². The normalized spacial score (nSPS) is 11.8. The lowest BCUT2D eigenvalue weighted by Gasteiger charge is -2.13. The number of carbonyl (C=O) groups excluding carboxylic acids is 2. The molecule has 1 unspecified atom stereocenters. The van der Waals surface area contributed by atoms with Crippen LogP contribution in [-0.2, 0) is 16.1 Å². The molecule has 0 heterocycles. The van der Waals surface area contributed by atoms with Crippen molar-refractivity contribution in [3.63, 3.8) is 0 Å². The van der Waals surface area contributed by atoms with Gasteiger partial charge in [-0.15, -0.1) is 0 Å². The van der Waals surface area contributed by atoms with E-state index in [0.29, 0.717) is 5.56 Å². The molecule has 1 atom stereocenters. The summed E-state index contributed by atoms with van der Waals surface area (Å²) in [6, 6.07) is 12.5. The molecule has 0 radical (unpaired) electrons. The van der Waals surface area contributed by atoms with E-state index in [-0.39, 0.29) is 24.2 Å². The number of halogens is 1. The molecule has 2 aromatic rings. The fourth-order valence-electron chi connectivity index (χ4n) is 2.20. The highest BCUT2D eigenvalue weighted by molar-refractivity contribution is 5.95. The smallest absolute Gasteiger partial charge is 0.244 e. The quantitative estimate of drug-likeness (QED) is 0.750. The average molecular weight is 356 g/mol. The largest absolute Gasteiger partial charge is 0.497 e. The van der Waals surface area contributed by atoms with Gasteiger partial charge in [0.15, 0.2) is 0 Å². The minimum absolute atomic E-state index is 0.193. The molecule has 0 aliphatic rings. The molecule has 0 spiro atoms. The number of amides is 2. The molecule has 0 aromatic heterocycles. The molecular weight excluding hydrogens is 335 g/mol. The zero-order valence-electron chi connectivity index (χ0n) is 14.7. The van der Waals surface area contributed by atoms with Crippen LogP contribution >= 0.6 is 0 Å². The first-order valence-electron chi connectivity index (χ1n) is 8.12. The van der Waals surface area contributed by atoms with Gasteiger partial charge in [-0.1, -0.05) is 24.3 Å². The highest BCUT2D eigenvalue weighted by Crippen LogP contribution is 2.12. The van der Waals surface area contributed by atoms with Crippen LogP contribution in [-0.4, -0.2) is 25.0 Å². The second-order valence-corrected chi connectivity index (χ2v) is 5.68. The summed E-state index contributed by atoms with van der Waals surface area (Å²) in [6.07, 6.45) is 3.00. The summed E-state index contributed by atoms with van der Waals surface area (Å²) in [5.41, 5.74) is 1.49. The van der Waals surface area contributed by atoms with Gasteiger partial charge in [0.05, 0.1) is 7.11 Å². The minimum Gasteiger partial charge on any atom is -0.497 e. The van der Waals surface area contributed by atoms with Gasteiger partial charge < -0.3 is 15.4 Å². The maximum atomic E-state index is 13.1. The molecule has 0 fully saturated rings. The van der Waals surface area contributed by atoms with Gasteiger partial charge in [-0.25, -0.2) is 4.39 Å². The zero-order valence-corrected chi connectivity index (χ0v) is 14.7. The van der Waals surface area contributed by atoms with Crippen LogP contribution < -0.4 is 15.4 Å². The molecule has 2 aromatic carbocycles. The van der Waals surface area contributed by atoms with Crippen molar-refractivity contribution in [2.45, 2.75) is 19.5 Å². The van der Waals surface area contributed by atoms with Crippen molar-refractivity contribution in [3.8, 4) is 5.75 Å². The highest BCUT2D eigenvalue weighted by atomic mass is 19.1. The number of hydrogen-bond acceptors (Lipinski definition) is 3. The minimum atomic E-state index is -0.712. The number of ether oxygens (including phenoxy) is 1. The Morgan fingerprint density at radius 3 is 2.58 bits per heavy atom. The van der Waals surface area contributed by atoms with Crippen LogP contribution in [0.4, 0.5) is 4.39 Å². The van der Waals surface area contributed by atoms with Crippen LogP contribution in [0.25, 0.3) is 6.08 Å².